The smallest absolute Gasteiger partial charge is 0.335 e. The highest BCUT2D eigenvalue weighted by molar-refractivity contribution is 5.92. The van der Waals surface area contributed by atoms with Crippen LogP contribution in [-0.4, -0.2) is 22.0 Å². The molecule has 0 aromatic heterocycles. The number of carboxylic acid groups (broad SMARTS) is 1. The van der Waals surface area contributed by atoms with Gasteiger partial charge in [-0.2, -0.15) is 0 Å². The maximum Gasteiger partial charge on any atom is 0.335 e. The Morgan fingerprint density at radius 2 is 2.07 bits per heavy atom. The van der Waals surface area contributed by atoms with Crippen LogP contribution in [-0.2, 0) is 6.42 Å². The van der Waals surface area contributed by atoms with Crippen molar-refractivity contribution < 1.29 is 15.1 Å². The second kappa shape index (κ2) is 4.41. The minimum absolute atomic E-state index is 0.246. The molecule has 0 saturated carbocycles. The third-order valence-corrected chi connectivity index (χ3v) is 1.86. The predicted octanol–water partition coefficient (Wildman–Crippen LogP) is 1.78. The molecule has 0 radical (unpaired) electrons. The Balaban J connectivity index is 3.02. The van der Waals surface area contributed by atoms with Gasteiger partial charge in [-0.3, -0.25) is 0 Å². The van der Waals surface area contributed by atoms with Gasteiger partial charge in [0, 0.05) is 6.42 Å². The number of oxime groups is 1. The number of carboxylic acids is 1. The SMILES string of the molecule is C/C(Cc1ccccc1C(=O)O)=N\O. The molecule has 1 aromatic carbocycles. The molecular formula is C10H11NO3. The fourth-order valence-electron chi connectivity index (χ4n) is 1.19. The largest absolute Gasteiger partial charge is 0.478 e. The predicted molar refractivity (Wildman–Crippen MR) is 52.0 cm³/mol. The highest BCUT2D eigenvalue weighted by Gasteiger charge is 2.09. The first kappa shape index (κ1) is 10.2. The van der Waals surface area contributed by atoms with E-state index >= 15 is 0 Å². The molecule has 4 heteroatoms. The summed E-state index contributed by atoms with van der Waals surface area (Å²) < 4.78 is 0. The lowest BCUT2D eigenvalue weighted by Gasteiger charge is -2.03. The second-order valence-corrected chi connectivity index (χ2v) is 2.97. The molecule has 0 spiro atoms. The number of benzene rings is 1. The molecule has 14 heavy (non-hydrogen) atoms. The first-order valence-corrected chi connectivity index (χ1v) is 4.14. The zero-order chi connectivity index (χ0) is 10.6. The molecule has 0 atom stereocenters. The normalized spacial score (nSPS) is 11.4. The lowest BCUT2D eigenvalue weighted by molar-refractivity contribution is 0.0696. The number of carbonyl (C=O) groups is 1. The molecule has 2 N–H and O–H groups in total. The highest BCUT2D eigenvalue weighted by atomic mass is 16.4. The molecular weight excluding hydrogens is 182 g/mol. The van der Waals surface area contributed by atoms with E-state index in [1.165, 1.54) is 6.07 Å². The van der Waals surface area contributed by atoms with Gasteiger partial charge in [-0.25, -0.2) is 4.79 Å². The van der Waals surface area contributed by atoms with Crippen LogP contribution in [0.4, 0.5) is 0 Å². The summed E-state index contributed by atoms with van der Waals surface area (Å²) in [5, 5.41) is 20.3. The van der Waals surface area contributed by atoms with E-state index in [9.17, 15) is 4.79 Å². The van der Waals surface area contributed by atoms with Crippen LogP contribution in [0.5, 0.6) is 0 Å². The monoisotopic (exact) mass is 193 g/mol. The van der Waals surface area contributed by atoms with Crippen LogP contribution in [0.15, 0.2) is 29.4 Å². The van der Waals surface area contributed by atoms with Crippen molar-refractivity contribution in [3.8, 4) is 0 Å². The van der Waals surface area contributed by atoms with E-state index in [-0.39, 0.29) is 5.56 Å². The van der Waals surface area contributed by atoms with Crippen molar-refractivity contribution in [3.63, 3.8) is 0 Å². The van der Waals surface area contributed by atoms with Gasteiger partial charge in [-0.1, -0.05) is 23.4 Å². The van der Waals surface area contributed by atoms with Gasteiger partial charge >= 0.3 is 5.97 Å². The molecule has 0 aliphatic rings. The number of aromatic carboxylic acids is 1. The van der Waals surface area contributed by atoms with E-state index in [2.05, 4.69) is 5.16 Å². The van der Waals surface area contributed by atoms with Crippen molar-refractivity contribution in [2.75, 3.05) is 0 Å². The lowest BCUT2D eigenvalue weighted by Crippen LogP contribution is -2.06. The third-order valence-electron chi connectivity index (χ3n) is 1.86. The summed E-state index contributed by atoms with van der Waals surface area (Å²) >= 11 is 0. The van der Waals surface area contributed by atoms with Crippen molar-refractivity contribution in [2.24, 2.45) is 5.16 Å². The lowest BCUT2D eigenvalue weighted by atomic mass is 10.0. The van der Waals surface area contributed by atoms with E-state index in [0.29, 0.717) is 17.7 Å². The topological polar surface area (TPSA) is 69.9 Å². The summed E-state index contributed by atoms with van der Waals surface area (Å²) in [6, 6.07) is 6.66. The maximum atomic E-state index is 10.8. The van der Waals surface area contributed by atoms with Crippen LogP contribution >= 0.6 is 0 Å². The van der Waals surface area contributed by atoms with Crippen molar-refractivity contribution in [3.05, 3.63) is 35.4 Å². The number of hydrogen-bond donors (Lipinski definition) is 2. The van der Waals surface area contributed by atoms with Crippen LogP contribution in [0.1, 0.15) is 22.8 Å². The first-order chi connectivity index (χ1) is 6.65. The van der Waals surface area contributed by atoms with E-state index in [1.54, 1.807) is 25.1 Å². The van der Waals surface area contributed by atoms with Crippen molar-refractivity contribution >= 4 is 11.7 Å². The van der Waals surface area contributed by atoms with E-state index in [1.807, 2.05) is 0 Å². The van der Waals surface area contributed by atoms with Crippen molar-refractivity contribution in [1.29, 1.82) is 0 Å². The standard InChI is InChI=1S/C10H11NO3/c1-7(11-14)6-8-4-2-3-5-9(8)10(12)13/h2-5,14H,6H2,1H3,(H,12,13)/b11-7+. The molecule has 0 aliphatic carbocycles. The minimum atomic E-state index is -0.966. The molecule has 0 fully saturated rings. The van der Waals surface area contributed by atoms with Gasteiger partial charge in [0.2, 0.25) is 0 Å². The number of rotatable bonds is 3. The van der Waals surface area contributed by atoms with Gasteiger partial charge in [0.05, 0.1) is 11.3 Å². The maximum absolute atomic E-state index is 10.8. The van der Waals surface area contributed by atoms with Crippen LogP contribution in [0.25, 0.3) is 0 Å². The quantitative estimate of drug-likeness (QED) is 0.436. The summed E-state index contributed by atoms with van der Waals surface area (Å²) in [6.07, 6.45) is 0.346. The summed E-state index contributed by atoms with van der Waals surface area (Å²) in [4.78, 5) is 10.8. The van der Waals surface area contributed by atoms with Crippen molar-refractivity contribution in [1.82, 2.24) is 0 Å². The Kier molecular flexibility index (Phi) is 3.23. The molecule has 0 heterocycles. The molecule has 4 nitrogen and oxygen atoms in total. The molecule has 1 aromatic rings. The zero-order valence-corrected chi connectivity index (χ0v) is 7.77. The average molecular weight is 193 g/mol. The van der Waals surface area contributed by atoms with Gasteiger partial charge in [0.15, 0.2) is 0 Å². The Morgan fingerprint density at radius 3 is 2.64 bits per heavy atom. The number of nitrogens with zero attached hydrogens (tertiary/aromatic N) is 1. The van der Waals surface area contributed by atoms with E-state index in [0.717, 1.165) is 0 Å². The van der Waals surface area contributed by atoms with Gasteiger partial charge in [-0.05, 0) is 18.6 Å². The molecule has 74 valence electrons. The summed E-state index contributed by atoms with van der Waals surface area (Å²) in [5.74, 6) is -0.966. The van der Waals surface area contributed by atoms with Crippen LogP contribution < -0.4 is 0 Å². The van der Waals surface area contributed by atoms with Crippen LogP contribution in [0.2, 0.25) is 0 Å². The molecule has 0 amide bonds. The molecule has 0 bridgehead atoms. The Bertz CT molecular complexity index is 371. The highest BCUT2D eigenvalue weighted by Crippen LogP contribution is 2.10. The van der Waals surface area contributed by atoms with Gasteiger partial charge in [0.1, 0.15) is 0 Å². The Morgan fingerprint density at radius 1 is 1.43 bits per heavy atom. The van der Waals surface area contributed by atoms with Crippen molar-refractivity contribution in [2.45, 2.75) is 13.3 Å². The molecule has 0 saturated heterocycles. The minimum Gasteiger partial charge on any atom is -0.478 e. The fraction of sp³-hybridized carbons (Fsp3) is 0.200. The van der Waals surface area contributed by atoms with Gasteiger partial charge in [0.25, 0.3) is 0 Å². The van der Waals surface area contributed by atoms with E-state index in [4.69, 9.17) is 10.3 Å². The Hall–Kier alpha value is -1.84. The van der Waals surface area contributed by atoms with E-state index < -0.39 is 5.97 Å². The molecule has 0 unspecified atom stereocenters. The van der Waals surface area contributed by atoms with Gasteiger partial charge < -0.3 is 10.3 Å². The summed E-state index contributed by atoms with van der Waals surface area (Å²) in [6.45, 7) is 1.64. The zero-order valence-electron chi connectivity index (χ0n) is 7.77. The first-order valence-electron chi connectivity index (χ1n) is 4.14. The third kappa shape index (κ3) is 2.32. The summed E-state index contributed by atoms with van der Waals surface area (Å²) in [7, 11) is 0. The summed E-state index contributed by atoms with van der Waals surface area (Å²) in [5.41, 5.74) is 1.38. The number of hydrogen-bond acceptors (Lipinski definition) is 3. The van der Waals surface area contributed by atoms with Crippen LogP contribution in [0, 0.1) is 0 Å². The van der Waals surface area contributed by atoms with Gasteiger partial charge in [-0.15, -0.1) is 0 Å². The second-order valence-electron chi connectivity index (χ2n) is 2.97. The molecule has 0 aliphatic heterocycles. The Labute approximate surface area is 81.5 Å². The van der Waals surface area contributed by atoms with Crippen LogP contribution in [0.3, 0.4) is 0 Å². The molecule has 1 rings (SSSR count). The average Bonchev–Trinajstić information content (AvgIpc) is 2.18. The fourth-order valence-corrected chi connectivity index (χ4v) is 1.19.